The fraction of sp³-hybridized carbons (Fsp3) is 0.286. The van der Waals surface area contributed by atoms with E-state index in [9.17, 15) is 4.79 Å². The van der Waals surface area contributed by atoms with Crippen LogP contribution in [0.25, 0.3) is 11.5 Å². The van der Waals surface area contributed by atoms with Crippen molar-refractivity contribution in [3.05, 3.63) is 45.7 Å². The number of benzene rings is 1. The van der Waals surface area contributed by atoms with Crippen molar-refractivity contribution in [1.29, 1.82) is 0 Å². The molecule has 0 saturated carbocycles. The first kappa shape index (κ1) is 15.8. The predicted molar refractivity (Wildman–Crippen MR) is 87.4 cm³/mol. The lowest BCUT2D eigenvalue weighted by molar-refractivity contribution is 0.527. The van der Waals surface area contributed by atoms with E-state index in [0.29, 0.717) is 39.8 Å². The number of nitrogens with zero attached hydrogens (tertiary/aromatic N) is 4. The molecule has 2 aromatic heterocycles. The molecule has 0 aliphatic heterocycles. The molecule has 23 heavy (non-hydrogen) atoms. The highest BCUT2D eigenvalue weighted by Gasteiger charge is 2.14. The van der Waals surface area contributed by atoms with Crippen molar-refractivity contribution in [2.45, 2.75) is 30.8 Å². The Morgan fingerprint density at radius 3 is 2.96 bits per heavy atom. The van der Waals surface area contributed by atoms with E-state index >= 15 is 0 Å². The van der Waals surface area contributed by atoms with Crippen LogP contribution in [0.3, 0.4) is 0 Å². The highest BCUT2D eigenvalue weighted by atomic mass is 35.5. The Kier molecular flexibility index (Phi) is 4.82. The smallest absolute Gasteiger partial charge is 0.343 e. The zero-order chi connectivity index (χ0) is 16.2. The lowest BCUT2D eigenvalue weighted by atomic mass is 10.2. The summed E-state index contributed by atoms with van der Waals surface area (Å²) in [6.07, 6.45) is 0.851. The molecule has 0 fully saturated rings. The summed E-state index contributed by atoms with van der Waals surface area (Å²) in [4.78, 5) is 11.6. The molecule has 0 unspecified atom stereocenters. The minimum absolute atomic E-state index is 0.211. The number of hydrogen-bond acceptors (Lipinski definition) is 6. The quantitative estimate of drug-likeness (QED) is 0.687. The van der Waals surface area contributed by atoms with Crippen LogP contribution in [0.1, 0.15) is 19.2 Å². The summed E-state index contributed by atoms with van der Waals surface area (Å²) in [5.41, 5.74) is 0.484. The van der Waals surface area contributed by atoms with Gasteiger partial charge in [-0.1, -0.05) is 42.4 Å². The normalized spacial score (nSPS) is 11.0. The third-order valence-electron chi connectivity index (χ3n) is 3.07. The lowest BCUT2D eigenvalue weighted by Gasteiger charge is -2.01. The molecule has 2 heterocycles. The summed E-state index contributed by atoms with van der Waals surface area (Å²) in [5.74, 6) is 1.24. The first-order chi connectivity index (χ1) is 11.2. The highest BCUT2D eigenvalue weighted by molar-refractivity contribution is 7.98. The molecule has 0 saturated heterocycles. The van der Waals surface area contributed by atoms with E-state index in [0.717, 1.165) is 6.42 Å². The van der Waals surface area contributed by atoms with Gasteiger partial charge in [0.25, 0.3) is 0 Å². The van der Waals surface area contributed by atoms with Crippen LogP contribution in [0.4, 0.5) is 0 Å². The first-order valence-electron chi connectivity index (χ1n) is 7.04. The molecule has 1 aromatic carbocycles. The molecule has 0 spiro atoms. The average Bonchev–Trinajstić information content (AvgIpc) is 3.14. The number of hydrogen-bond donors (Lipinski definition) is 1. The molecule has 0 aliphatic rings. The van der Waals surface area contributed by atoms with Crippen molar-refractivity contribution in [3.8, 4) is 11.5 Å². The van der Waals surface area contributed by atoms with Crippen LogP contribution in [-0.2, 0) is 12.3 Å². The van der Waals surface area contributed by atoms with Gasteiger partial charge in [-0.25, -0.2) is 9.89 Å². The van der Waals surface area contributed by atoms with Crippen LogP contribution >= 0.6 is 23.4 Å². The van der Waals surface area contributed by atoms with Crippen LogP contribution in [0.5, 0.6) is 0 Å². The molecular weight excluding hydrogens is 338 g/mol. The Bertz CT molecular complexity index is 857. The van der Waals surface area contributed by atoms with E-state index in [4.69, 9.17) is 16.0 Å². The maximum atomic E-state index is 11.6. The predicted octanol–water partition coefficient (Wildman–Crippen LogP) is 2.98. The zero-order valence-corrected chi connectivity index (χ0v) is 13.9. The third kappa shape index (κ3) is 3.48. The molecule has 7 nitrogen and oxygen atoms in total. The summed E-state index contributed by atoms with van der Waals surface area (Å²) < 4.78 is 7.22. The Balaban J connectivity index is 1.73. The molecule has 0 bridgehead atoms. The van der Waals surface area contributed by atoms with E-state index < -0.39 is 0 Å². The molecule has 3 aromatic rings. The maximum absolute atomic E-state index is 11.6. The molecule has 0 atom stereocenters. The summed E-state index contributed by atoms with van der Waals surface area (Å²) in [6, 6.07) is 7.28. The van der Waals surface area contributed by atoms with Crippen molar-refractivity contribution in [1.82, 2.24) is 25.0 Å². The second-order valence-electron chi connectivity index (χ2n) is 4.73. The van der Waals surface area contributed by atoms with Gasteiger partial charge in [0.2, 0.25) is 11.8 Å². The maximum Gasteiger partial charge on any atom is 0.343 e. The van der Waals surface area contributed by atoms with Crippen molar-refractivity contribution in [3.63, 3.8) is 0 Å². The highest BCUT2D eigenvalue weighted by Crippen LogP contribution is 2.27. The minimum Gasteiger partial charge on any atom is -0.420 e. The molecule has 9 heteroatoms. The summed E-state index contributed by atoms with van der Waals surface area (Å²) in [6.45, 7) is 2.62. The summed E-state index contributed by atoms with van der Waals surface area (Å²) in [5, 5.41) is 15.6. The standard InChI is InChI=1S/C14H14ClN5O2S/c1-2-7-20-13(21)18-19-14(20)23-8-11-16-17-12(22-11)9-5-3-4-6-10(9)15/h3-6H,2,7-8H2,1H3,(H,18,21). The number of nitrogens with one attached hydrogen (secondary N) is 1. The van der Waals surface area contributed by atoms with Gasteiger partial charge in [0.1, 0.15) is 0 Å². The van der Waals surface area contributed by atoms with Crippen molar-refractivity contribution in [2.75, 3.05) is 0 Å². The Morgan fingerprint density at radius 1 is 1.35 bits per heavy atom. The lowest BCUT2D eigenvalue weighted by Crippen LogP contribution is -2.17. The Morgan fingerprint density at radius 2 is 2.17 bits per heavy atom. The molecule has 0 amide bonds. The summed E-state index contributed by atoms with van der Waals surface area (Å²) >= 11 is 7.48. The van der Waals surface area contributed by atoms with Gasteiger partial charge in [0.05, 0.1) is 16.3 Å². The number of aromatic nitrogens is 5. The van der Waals surface area contributed by atoms with E-state index in [1.54, 1.807) is 10.6 Å². The minimum atomic E-state index is -0.211. The Hall–Kier alpha value is -2.06. The van der Waals surface area contributed by atoms with Gasteiger partial charge < -0.3 is 4.42 Å². The average molecular weight is 352 g/mol. The van der Waals surface area contributed by atoms with Crippen LogP contribution < -0.4 is 5.69 Å². The molecule has 3 rings (SSSR count). The van der Waals surface area contributed by atoms with Crippen molar-refractivity contribution < 1.29 is 4.42 Å². The molecule has 0 aliphatic carbocycles. The molecular formula is C14H14ClN5O2S. The van der Waals surface area contributed by atoms with E-state index in [-0.39, 0.29) is 5.69 Å². The molecule has 0 radical (unpaired) electrons. The van der Waals surface area contributed by atoms with Crippen LogP contribution in [0.15, 0.2) is 38.6 Å². The molecule has 120 valence electrons. The van der Waals surface area contributed by atoms with Crippen LogP contribution in [-0.4, -0.2) is 25.0 Å². The fourth-order valence-corrected chi connectivity index (χ4v) is 3.04. The van der Waals surface area contributed by atoms with E-state index in [2.05, 4.69) is 20.4 Å². The number of halogens is 1. The van der Waals surface area contributed by atoms with Crippen LogP contribution in [0, 0.1) is 0 Å². The van der Waals surface area contributed by atoms with Gasteiger partial charge in [0, 0.05) is 6.54 Å². The fourth-order valence-electron chi connectivity index (χ4n) is 2.02. The second-order valence-corrected chi connectivity index (χ2v) is 6.08. The van der Waals surface area contributed by atoms with E-state index in [1.165, 1.54) is 11.8 Å². The monoisotopic (exact) mass is 351 g/mol. The van der Waals surface area contributed by atoms with Gasteiger partial charge >= 0.3 is 5.69 Å². The van der Waals surface area contributed by atoms with Crippen LogP contribution in [0.2, 0.25) is 5.02 Å². The summed E-state index contributed by atoms with van der Waals surface area (Å²) in [7, 11) is 0. The number of thioether (sulfide) groups is 1. The van der Waals surface area contributed by atoms with Gasteiger partial charge in [-0.3, -0.25) is 4.57 Å². The SMILES string of the molecule is CCCn1c(SCc2nnc(-c3ccccc3Cl)o2)n[nH]c1=O. The van der Waals surface area contributed by atoms with Gasteiger partial charge in [-0.2, -0.15) is 0 Å². The first-order valence-corrected chi connectivity index (χ1v) is 8.40. The third-order valence-corrected chi connectivity index (χ3v) is 4.36. The Labute approximate surface area is 141 Å². The van der Waals surface area contributed by atoms with Gasteiger partial charge in [-0.15, -0.1) is 15.3 Å². The van der Waals surface area contributed by atoms with Gasteiger partial charge in [-0.05, 0) is 18.6 Å². The molecule has 1 N–H and O–H groups in total. The largest absolute Gasteiger partial charge is 0.420 e. The van der Waals surface area contributed by atoms with E-state index in [1.807, 2.05) is 25.1 Å². The van der Waals surface area contributed by atoms with Gasteiger partial charge in [0.15, 0.2) is 5.16 Å². The van der Waals surface area contributed by atoms with Crippen molar-refractivity contribution >= 4 is 23.4 Å². The number of H-pyrrole nitrogens is 1. The number of rotatable bonds is 6. The topological polar surface area (TPSA) is 89.6 Å². The van der Waals surface area contributed by atoms with Crippen molar-refractivity contribution in [2.24, 2.45) is 0 Å². The second kappa shape index (κ2) is 7.01. The number of aromatic amines is 1. The zero-order valence-electron chi connectivity index (χ0n) is 12.3.